The van der Waals surface area contributed by atoms with E-state index in [2.05, 4.69) is 5.32 Å². The van der Waals surface area contributed by atoms with Crippen LogP contribution in [0.1, 0.15) is 16.7 Å². The normalized spacial score (nSPS) is 17.0. The molecule has 0 radical (unpaired) electrons. The maximum absolute atomic E-state index is 12.8. The lowest BCUT2D eigenvalue weighted by molar-refractivity contribution is -0.120. The van der Waals surface area contributed by atoms with E-state index in [0.717, 1.165) is 21.9 Å². The summed E-state index contributed by atoms with van der Waals surface area (Å²) in [6.45, 7) is 3.59. The monoisotopic (exact) mass is 497 g/mol. The molecule has 174 valence electrons. The Morgan fingerprint density at radius 2 is 1.85 bits per heavy atom. The Morgan fingerprint density at radius 1 is 1.12 bits per heavy atom. The van der Waals surface area contributed by atoms with E-state index in [4.69, 9.17) is 20.4 Å². The van der Waals surface area contributed by atoms with Gasteiger partial charge in [-0.1, -0.05) is 23.7 Å². The van der Waals surface area contributed by atoms with Crippen LogP contribution in [0.4, 0.5) is 0 Å². The summed E-state index contributed by atoms with van der Waals surface area (Å²) in [5, 5.41) is 5.91. The minimum absolute atomic E-state index is 0.185. The van der Waals surface area contributed by atoms with Crippen LogP contribution in [0.15, 0.2) is 61.7 Å². The van der Waals surface area contributed by atoms with Crippen LogP contribution in [0.2, 0.25) is 5.02 Å². The minimum Gasteiger partial charge on any atom is -0.463 e. The summed E-state index contributed by atoms with van der Waals surface area (Å²) in [6.07, 6.45) is 2.87. The molecular formula is C25H20ClNO6S. The number of aryl methyl sites for hydroxylation is 2. The van der Waals surface area contributed by atoms with Crippen molar-refractivity contribution in [2.75, 3.05) is 5.75 Å². The first-order valence-corrected chi connectivity index (χ1v) is 12.7. The number of hydrogen-bond donors (Lipinski definition) is 1. The van der Waals surface area contributed by atoms with Crippen molar-refractivity contribution in [1.82, 2.24) is 5.32 Å². The second kappa shape index (κ2) is 8.14. The van der Waals surface area contributed by atoms with Gasteiger partial charge in [0.15, 0.2) is 9.84 Å². The summed E-state index contributed by atoms with van der Waals surface area (Å²) in [7, 11) is -3.30. The van der Waals surface area contributed by atoms with E-state index in [9.17, 15) is 18.0 Å². The molecule has 2 aromatic heterocycles. The van der Waals surface area contributed by atoms with Gasteiger partial charge in [0, 0.05) is 32.3 Å². The molecule has 0 saturated heterocycles. The molecule has 1 N–H and O–H groups in total. The molecule has 1 atom stereocenters. The molecule has 34 heavy (non-hydrogen) atoms. The van der Waals surface area contributed by atoms with Crippen molar-refractivity contribution in [2.45, 2.75) is 26.3 Å². The van der Waals surface area contributed by atoms with Crippen molar-refractivity contribution in [3.63, 3.8) is 0 Å². The van der Waals surface area contributed by atoms with E-state index >= 15 is 0 Å². The molecule has 1 aliphatic heterocycles. The van der Waals surface area contributed by atoms with Gasteiger partial charge in [-0.2, -0.15) is 0 Å². The average molecular weight is 498 g/mol. The summed E-state index contributed by atoms with van der Waals surface area (Å²) in [5.41, 5.74) is 3.74. The van der Waals surface area contributed by atoms with Crippen LogP contribution in [-0.2, 0) is 21.1 Å². The molecule has 0 spiro atoms. The average Bonchev–Trinajstić information content (AvgIpc) is 3.35. The number of rotatable bonds is 4. The largest absolute Gasteiger partial charge is 0.463 e. The molecule has 9 heteroatoms. The number of benzene rings is 2. The van der Waals surface area contributed by atoms with Crippen LogP contribution in [0, 0.1) is 13.8 Å². The Morgan fingerprint density at radius 3 is 2.53 bits per heavy atom. The number of carbonyl (C=O) groups excluding carboxylic acids is 1. The Bertz CT molecular complexity index is 1660. The van der Waals surface area contributed by atoms with Gasteiger partial charge in [0.05, 0.1) is 30.0 Å². The lowest BCUT2D eigenvalue weighted by Crippen LogP contribution is -2.37. The van der Waals surface area contributed by atoms with Gasteiger partial charge in [-0.05, 0) is 49.2 Å². The van der Waals surface area contributed by atoms with Crippen molar-refractivity contribution in [3.8, 4) is 11.1 Å². The molecule has 1 aliphatic rings. The van der Waals surface area contributed by atoms with E-state index in [-0.39, 0.29) is 17.7 Å². The number of hydrogen-bond acceptors (Lipinski definition) is 6. The van der Waals surface area contributed by atoms with Crippen molar-refractivity contribution < 1.29 is 22.0 Å². The third-order valence-corrected chi connectivity index (χ3v) is 7.76. The van der Waals surface area contributed by atoms with E-state index < -0.39 is 27.4 Å². The molecule has 4 aromatic rings. The molecule has 5 rings (SSSR count). The summed E-state index contributed by atoms with van der Waals surface area (Å²) in [6, 6.07) is 8.69. The molecule has 7 nitrogen and oxygen atoms in total. The Labute approximate surface area is 199 Å². The molecule has 1 amide bonds. The number of amides is 1. The zero-order valence-corrected chi connectivity index (χ0v) is 19.9. The van der Waals surface area contributed by atoms with Gasteiger partial charge < -0.3 is 14.2 Å². The van der Waals surface area contributed by atoms with Gasteiger partial charge in [-0.3, -0.25) is 4.79 Å². The summed E-state index contributed by atoms with van der Waals surface area (Å²) >= 11 is 6.02. The predicted octanol–water partition coefficient (Wildman–Crippen LogP) is 4.45. The van der Waals surface area contributed by atoms with Crippen molar-refractivity contribution in [2.24, 2.45) is 0 Å². The third kappa shape index (κ3) is 3.93. The van der Waals surface area contributed by atoms with Crippen LogP contribution in [0.25, 0.3) is 33.1 Å². The van der Waals surface area contributed by atoms with E-state index in [1.165, 1.54) is 6.08 Å². The number of nitrogens with one attached hydrogen (secondary N) is 1. The Kier molecular flexibility index (Phi) is 5.37. The number of carbonyl (C=O) groups is 1. The van der Waals surface area contributed by atoms with Crippen LogP contribution in [0.5, 0.6) is 0 Å². The Hall–Kier alpha value is -3.36. The smallest absolute Gasteiger partial charge is 0.340 e. The lowest BCUT2D eigenvalue weighted by Gasteiger charge is -2.12. The minimum atomic E-state index is -3.30. The molecule has 0 saturated carbocycles. The number of fused-ring (bicyclic) bond motifs is 2. The van der Waals surface area contributed by atoms with Crippen molar-refractivity contribution in [3.05, 3.63) is 80.2 Å². The van der Waals surface area contributed by atoms with Gasteiger partial charge in [0.2, 0.25) is 5.91 Å². The van der Waals surface area contributed by atoms with Crippen LogP contribution in [-0.4, -0.2) is 26.1 Å². The third-order valence-electron chi connectivity index (χ3n) is 6.11. The zero-order chi connectivity index (χ0) is 24.2. The molecule has 3 heterocycles. The summed E-state index contributed by atoms with van der Waals surface area (Å²) in [4.78, 5) is 25.4. The second-order valence-electron chi connectivity index (χ2n) is 8.41. The predicted molar refractivity (Wildman–Crippen MR) is 131 cm³/mol. The number of sulfone groups is 1. The molecular weight excluding hydrogens is 478 g/mol. The lowest BCUT2D eigenvalue weighted by atomic mass is 9.97. The maximum Gasteiger partial charge on any atom is 0.340 e. The van der Waals surface area contributed by atoms with Crippen LogP contribution >= 0.6 is 11.6 Å². The fraction of sp³-hybridized carbons (Fsp3) is 0.200. The van der Waals surface area contributed by atoms with E-state index in [1.54, 1.807) is 25.3 Å². The summed E-state index contributed by atoms with van der Waals surface area (Å²) in [5.74, 6) is -0.640. The van der Waals surface area contributed by atoms with Gasteiger partial charge in [-0.25, -0.2) is 13.2 Å². The van der Waals surface area contributed by atoms with Gasteiger partial charge in [0.25, 0.3) is 0 Å². The maximum atomic E-state index is 12.8. The first kappa shape index (κ1) is 22.4. The van der Waals surface area contributed by atoms with Crippen LogP contribution in [0.3, 0.4) is 0 Å². The first-order chi connectivity index (χ1) is 16.1. The fourth-order valence-corrected chi connectivity index (χ4v) is 5.70. The second-order valence-corrected chi connectivity index (χ2v) is 10.8. The Balaban J connectivity index is 1.56. The zero-order valence-electron chi connectivity index (χ0n) is 18.3. The van der Waals surface area contributed by atoms with Crippen molar-refractivity contribution in [1.29, 1.82) is 0 Å². The highest BCUT2D eigenvalue weighted by Gasteiger charge is 2.25. The highest BCUT2D eigenvalue weighted by Crippen LogP contribution is 2.37. The molecule has 0 unspecified atom stereocenters. The molecule has 0 aliphatic carbocycles. The van der Waals surface area contributed by atoms with E-state index in [0.29, 0.717) is 32.7 Å². The quantitative estimate of drug-likeness (QED) is 0.417. The van der Waals surface area contributed by atoms with Gasteiger partial charge in [-0.15, -0.1) is 0 Å². The fourth-order valence-electron chi connectivity index (χ4n) is 4.34. The topological polar surface area (TPSA) is 107 Å². The first-order valence-electron chi connectivity index (χ1n) is 10.6. The molecule has 0 bridgehead atoms. The van der Waals surface area contributed by atoms with E-state index in [1.807, 2.05) is 25.1 Å². The summed E-state index contributed by atoms with van der Waals surface area (Å²) < 4.78 is 34.6. The standard InChI is InChI=1S/C25H20ClNO6S/c1-13-18-9-20-21(15-3-5-16(26)6-4-15)11-32-23(20)14(2)24(18)33-25(29)19(13)10-22(28)27-17-7-8-34(30,31)12-17/h3-9,11,17H,10,12H2,1-2H3,(H,27,28)/t17-/m1/s1. The van der Waals surface area contributed by atoms with Crippen LogP contribution < -0.4 is 10.9 Å². The highest BCUT2D eigenvalue weighted by molar-refractivity contribution is 7.94. The SMILES string of the molecule is Cc1c(CC(=O)N[C@@H]2C=CS(=O)(=O)C2)c(=O)oc2c(C)c3occ(-c4ccc(Cl)cc4)c3cc12. The number of furan rings is 1. The van der Waals surface area contributed by atoms with Gasteiger partial charge >= 0.3 is 5.63 Å². The highest BCUT2D eigenvalue weighted by atomic mass is 35.5. The number of halogens is 1. The molecule has 0 fully saturated rings. The van der Waals surface area contributed by atoms with Crippen molar-refractivity contribution >= 4 is 49.3 Å². The van der Waals surface area contributed by atoms with Gasteiger partial charge in [0.1, 0.15) is 11.2 Å². The molecule has 2 aromatic carbocycles.